The summed E-state index contributed by atoms with van der Waals surface area (Å²) in [4.78, 5) is 58.5. The van der Waals surface area contributed by atoms with Crippen molar-refractivity contribution in [2.45, 2.75) is 206 Å². The summed E-state index contributed by atoms with van der Waals surface area (Å²) < 4.78 is 26.5. The number of rotatable bonds is 23. The number of likely N-dealkylation sites (tertiary alicyclic amines) is 2. The zero-order valence-electron chi connectivity index (χ0n) is 49.3. The number of carbonyl (C=O) groups excluding carboxylic acids is 4. The van der Waals surface area contributed by atoms with Gasteiger partial charge in [-0.2, -0.15) is 0 Å². The first-order valence-corrected chi connectivity index (χ1v) is 32.8. The number of nitrogens with one attached hydrogen (secondary N) is 2. The first-order valence-electron chi connectivity index (χ1n) is 29.0. The third kappa shape index (κ3) is 16.2. The highest BCUT2D eigenvalue weighted by molar-refractivity contribution is 7.00. The van der Waals surface area contributed by atoms with Gasteiger partial charge in [-0.25, -0.2) is 9.59 Å². The second kappa shape index (κ2) is 27.3. The average Bonchev–Trinajstić information content (AvgIpc) is 4.15. The Balaban J connectivity index is 0.924. The molecule has 0 saturated carbocycles. The average molecular weight is 1100 g/mol. The highest BCUT2D eigenvalue weighted by atomic mass is 28.4. The number of amides is 4. The quantitative estimate of drug-likeness (QED) is 0.0554. The molecule has 2 fully saturated rings. The van der Waals surface area contributed by atoms with Crippen LogP contribution >= 0.6 is 0 Å². The van der Waals surface area contributed by atoms with Crippen molar-refractivity contribution < 1.29 is 37.5 Å². The van der Waals surface area contributed by atoms with Crippen molar-refractivity contribution in [1.29, 1.82) is 0 Å². The zero-order chi connectivity index (χ0) is 56.8. The smallest absolute Gasteiger partial charge is 0.411 e. The molecular weight excluding hydrogens is 1010 g/mol. The van der Waals surface area contributed by atoms with Crippen LogP contribution in [0.25, 0.3) is 0 Å². The monoisotopic (exact) mass is 1100 g/mol. The van der Waals surface area contributed by atoms with Crippen LogP contribution in [0.2, 0.25) is 10.1 Å². The van der Waals surface area contributed by atoms with Gasteiger partial charge in [-0.1, -0.05) is 214 Å². The van der Waals surface area contributed by atoms with Crippen LogP contribution in [0.1, 0.15) is 160 Å². The fourth-order valence-corrected chi connectivity index (χ4v) is 20.9. The molecule has 4 atom stereocenters. The minimum Gasteiger partial charge on any atom is -0.444 e. The van der Waals surface area contributed by atoms with Gasteiger partial charge in [-0.15, -0.1) is 0 Å². The van der Waals surface area contributed by atoms with Gasteiger partial charge in [0.2, 0.25) is 11.8 Å². The molecule has 4 aromatic carbocycles. The Labute approximate surface area is 470 Å². The predicted molar refractivity (Wildman–Crippen MR) is 320 cm³/mol. The number of hydrogen-bond acceptors (Lipinski definition) is 8. The molecule has 0 bridgehead atoms. The van der Waals surface area contributed by atoms with E-state index in [1.165, 1.54) is 0 Å². The summed E-state index contributed by atoms with van der Waals surface area (Å²) >= 11 is 0. The van der Waals surface area contributed by atoms with Crippen LogP contribution in [0, 0.1) is 0 Å². The fraction of sp³-hybridized carbons (Fsp3) is 0.562. The lowest BCUT2D eigenvalue weighted by atomic mass is 10.1. The van der Waals surface area contributed by atoms with Gasteiger partial charge in [0.05, 0.1) is 12.2 Å². The summed E-state index contributed by atoms with van der Waals surface area (Å²) in [7, 11) is -5.87. The number of benzene rings is 4. The van der Waals surface area contributed by atoms with Crippen LogP contribution in [-0.4, -0.2) is 112 Å². The van der Waals surface area contributed by atoms with Crippen LogP contribution in [0.3, 0.4) is 0 Å². The Morgan fingerprint density at radius 1 is 0.423 bits per heavy atom. The minimum atomic E-state index is -2.93. The molecule has 0 radical (unpaired) electrons. The molecule has 2 aliphatic heterocycles. The Morgan fingerprint density at radius 3 is 0.923 bits per heavy atom. The molecule has 12 nitrogen and oxygen atoms in total. The largest absolute Gasteiger partial charge is 0.444 e. The standard InChI is InChI=1S/C64H94N4O8Si2/c1-61(2,3)73-59(71)67-47-49(75-77(63(7,8)9,51-35-25-21-26-36-51)52-37-27-22-28-38-52)45-55(67)57(69)65-43-33-19-17-15-13-14-16-18-20-34-44-66-58(70)56-46-50(48-68(56)60(72)74-62(4,5)6)76-78(64(10,11)12,53-39-29-23-30-40-53)54-41-31-24-32-42-54/h21-32,35-42,49-50,55-56H,13-20,33-34,43-48H2,1-12H3,(H,65,69)(H,66,70)/t49-,50-,55+,56+/m1/s1. The number of nitrogens with zero attached hydrogens (tertiary/aromatic N) is 2. The van der Waals surface area contributed by atoms with Crippen LogP contribution in [-0.2, 0) is 27.9 Å². The van der Waals surface area contributed by atoms with Crippen molar-refractivity contribution in [3.63, 3.8) is 0 Å². The van der Waals surface area contributed by atoms with E-state index >= 15 is 0 Å². The van der Waals surface area contributed by atoms with Gasteiger partial charge in [0.25, 0.3) is 16.6 Å². The maximum Gasteiger partial charge on any atom is 0.411 e. The van der Waals surface area contributed by atoms with Gasteiger partial charge in [0.1, 0.15) is 23.3 Å². The van der Waals surface area contributed by atoms with Gasteiger partial charge >= 0.3 is 12.2 Å². The van der Waals surface area contributed by atoms with Gasteiger partial charge in [0, 0.05) is 39.0 Å². The molecule has 0 unspecified atom stereocenters. The molecule has 6 rings (SSSR count). The molecule has 0 spiro atoms. The Bertz CT molecular complexity index is 2250. The summed E-state index contributed by atoms with van der Waals surface area (Å²) in [6, 6.07) is 40.4. The van der Waals surface area contributed by atoms with Crippen molar-refractivity contribution in [1.82, 2.24) is 20.4 Å². The molecule has 4 aromatic rings. The summed E-state index contributed by atoms with van der Waals surface area (Å²) in [6.07, 6.45) is 9.58. The Hall–Kier alpha value is -5.29. The molecule has 0 aliphatic carbocycles. The Morgan fingerprint density at radius 2 is 0.679 bits per heavy atom. The maximum atomic E-state index is 14.0. The molecule has 426 valence electrons. The van der Waals surface area contributed by atoms with Gasteiger partial charge in [-0.3, -0.25) is 19.4 Å². The first kappa shape index (κ1) is 61.9. The number of carbonyl (C=O) groups is 4. The predicted octanol–water partition coefficient (Wildman–Crippen LogP) is 11.0. The summed E-state index contributed by atoms with van der Waals surface area (Å²) in [5.74, 6) is -0.332. The van der Waals surface area contributed by atoms with Crippen molar-refractivity contribution in [3.05, 3.63) is 121 Å². The van der Waals surface area contributed by atoms with E-state index < -0.39 is 52.1 Å². The van der Waals surface area contributed by atoms with Gasteiger partial charge in [0.15, 0.2) is 0 Å². The van der Waals surface area contributed by atoms with E-state index in [0.717, 1.165) is 85.0 Å². The number of hydrogen-bond donors (Lipinski definition) is 2. The van der Waals surface area contributed by atoms with E-state index in [1.807, 2.05) is 65.8 Å². The number of ether oxygens (including phenoxy) is 2. The van der Waals surface area contributed by atoms with E-state index in [0.29, 0.717) is 25.9 Å². The molecule has 2 heterocycles. The van der Waals surface area contributed by atoms with Gasteiger partial charge < -0.3 is 29.0 Å². The molecule has 2 saturated heterocycles. The van der Waals surface area contributed by atoms with Crippen LogP contribution in [0.15, 0.2) is 121 Å². The lowest BCUT2D eigenvalue weighted by molar-refractivity contribution is -0.126. The number of unbranched alkanes of at least 4 members (excludes halogenated alkanes) is 9. The van der Waals surface area contributed by atoms with E-state index in [1.54, 1.807) is 9.80 Å². The molecular formula is C64H94N4O8Si2. The second-order valence-corrected chi connectivity index (χ2v) is 34.2. The minimum absolute atomic E-state index is 0.166. The third-order valence-corrected chi connectivity index (χ3v) is 25.3. The maximum absolute atomic E-state index is 14.0. The summed E-state index contributed by atoms with van der Waals surface area (Å²) in [6.45, 7) is 26.1. The third-order valence-electron chi connectivity index (χ3n) is 15.1. The summed E-state index contributed by atoms with van der Waals surface area (Å²) in [5, 5.41) is 10.4. The van der Waals surface area contributed by atoms with E-state index in [-0.39, 0.29) is 47.2 Å². The van der Waals surface area contributed by atoms with Crippen molar-refractivity contribution in [2.75, 3.05) is 26.2 Å². The second-order valence-electron chi connectivity index (χ2n) is 25.7. The van der Waals surface area contributed by atoms with E-state index in [9.17, 15) is 19.2 Å². The lowest BCUT2D eigenvalue weighted by Crippen LogP contribution is -2.67. The van der Waals surface area contributed by atoms with Crippen LogP contribution < -0.4 is 31.4 Å². The molecule has 78 heavy (non-hydrogen) atoms. The molecule has 0 aromatic heterocycles. The fourth-order valence-electron chi connectivity index (χ4n) is 11.5. The van der Waals surface area contributed by atoms with Crippen LogP contribution in [0.4, 0.5) is 9.59 Å². The van der Waals surface area contributed by atoms with Crippen LogP contribution in [0.5, 0.6) is 0 Å². The highest BCUT2D eigenvalue weighted by Crippen LogP contribution is 2.41. The molecule has 2 aliphatic rings. The first-order chi connectivity index (χ1) is 36.9. The molecule has 2 N–H and O–H groups in total. The zero-order valence-corrected chi connectivity index (χ0v) is 51.3. The normalized spacial score (nSPS) is 18.4. The van der Waals surface area contributed by atoms with E-state index in [4.69, 9.17) is 18.3 Å². The van der Waals surface area contributed by atoms with Crippen molar-refractivity contribution >= 4 is 61.4 Å². The van der Waals surface area contributed by atoms with Crippen molar-refractivity contribution in [3.8, 4) is 0 Å². The topological polar surface area (TPSA) is 136 Å². The highest BCUT2D eigenvalue weighted by Gasteiger charge is 2.55. The Kier molecular flexibility index (Phi) is 21.6. The van der Waals surface area contributed by atoms with Gasteiger partial charge in [-0.05, 0) is 85.2 Å². The van der Waals surface area contributed by atoms with E-state index in [2.05, 4.69) is 149 Å². The SMILES string of the molecule is CC(C)(C)OC(=O)N1C[C@H](O[Si](c2ccccc2)(c2ccccc2)C(C)(C)C)C[C@H]1C(=O)NCCCCCCCCCCCCNC(=O)[C@@H]1C[C@@H](O[Si](c2ccccc2)(c2ccccc2)C(C)(C)C)CN1C(=O)OC(C)(C)C. The molecule has 14 heteroatoms. The summed E-state index contributed by atoms with van der Waals surface area (Å²) in [5.41, 5.74) is -1.42. The lowest BCUT2D eigenvalue weighted by Gasteiger charge is -2.44. The van der Waals surface area contributed by atoms with Crippen molar-refractivity contribution in [2.24, 2.45) is 0 Å². The molecule has 4 amide bonds.